The van der Waals surface area contributed by atoms with Gasteiger partial charge in [-0.15, -0.1) is 0 Å². The number of hydrogen-bond donors (Lipinski definition) is 2. The molecular weight excluding hydrogens is 440 g/mol. The number of carbonyl (C=O) groups is 1. The monoisotopic (exact) mass is 468 g/mol. The van der Waals surface area contributed by atoms with Gasteiger partial charge in [-0.05, 0) is 55.3 Å². The first-order valence-electron chi connectivity index (χ1n) is 10.7. The zero-order chi connectivity index (χ0) is 23.6. The maximum absolute atomic E-state index is 12.2. The van der Waals surface area contributed by atoms with E-state index in [9.17, 15) is 4.79 Å². The third-order valence-corrected chi connectivity index (χ3v) is 5.46. The first kappa shape index (κ1) is 24.4. The molecule has 0 saturated carbocycles. The molecule has 174 valence electrons. The molecule has 0 bridgehead atoms. The summed E-state index contributed by atoms with van der Waals surface area (Å²) in [4.78, 5) is 12.2. The van der Waals surface area contributed by atoms with Crippen molar-refractivity contribution < 1.29 is 19.0 Å². The minimum Gasteiger partial charge on any atom is -0.496 e. The maximum Gasteiger partial charge on any atom is 0.262 e. The Bertz CT molecular complexity index is 1070. The van der Waals surface area contributed by atoms with E-state index in [0.29, 0.717) is 28.8 Å². The van der Waals surface area contributed by atoms with Crippen LogP contribution in [0, 0.1) is 6.92 Å². The molecule has 0 aliphatic rings. The molecule has 0 aromatic heterocycles. The second kappa shape index (κ2) is 12.1. The smallest absolute Gasteiger partial charge is 0.262 e. The molecule has 0 heterocycles. The molecule has 0 unspecified atom stereocenters. The third-order valence-electron chi connectivity index (χ3n) is 5.11. The van der Waals surface area contributed by atoms with Crippen molar-refractivity contribution in [3.63, 3.8) is 0 Å². The average molecular weight is 469 g/mol. The molecule has 7 heteroatoms. The van der Waals surface area contributed by atoms with E-state index in [0.717, 1.165) is 35.4 Å². The van der Waals surface area contributed by atoms with Crippen molar-refractivity contribution in [3.05, 3.63) is 82.4 Å². The van der Waals surface area contributed by atoms with Crippen LogP contribution in [0.4, 0.5) is 5.69 Å². The van der Waals surface area contributed by atoms with Crippen LogP contribution in [0.1, 0.15) is 16.7 Å². The molecular formula is C26H29ClN2O4. The topological polar surface area (TPSA) is 68.8 Å². The van der Waals surface area contributed by atoms with Gasteiger partial charge in [-0.3, -0.25) is 4.79 Å². The lowest BCUT2D eigenvalue weighted by molar-refractivity contribution is -0.118. The van der Waals surface area contributed by atoms with E-state index in [1.54, 1.807) is 20.3 Å². The van der Waals surface area contributed by atoms with Crippen molar-refractivity contribution in [2.75, 3.05) is 32.7 Å². The number of hydrogen-bond acceptors (Lipinski definition) is 5. The number of halogens is 1. The van der Waals surface area contributed by atoms with Crippen LogP contribution in [0.5, 0.6) is 17.2 Å². The summed E-state index contributed by atoms with van der Waals surface area (Å²) in [7, 11) is 3.23. The first-order valence-corrected chi connectivity index (χ1v) is 11.1. The number of rotatable bonds is 11. The van der Waals surface area contributed by atoms with Crippen molar-refractivity contribution in [2.45, 2.75) is 19.9 Å². The Hall–Kier alpha value is -3.22. The van der Waals surface area contributed by atoms with Crippen LogP contribution in [0.3, 0.4) is 0 Å². The van der Waals surface area contributed by atoms with Crippen LogP contribution in [0.25, 0.3) is 0 Å². The highest BCUT2D eigenvalue weighted by atomic mass is 35.5. The maximum atomic E-state index is 12.2. The highest BCUT2D eigenvalue weighted by Gasteiger charge is 2.13. The van der Waals surface area contributed by atoms with Gasteiger partial charge < -0.3 is 24.8 Å². The normalized spacial score (nSPS) is 10.5. The second-order valence-electron chi connectivity index (χ2n) is 7.54. The van der Waals surface area contributed by atoms with Gasteiger partial charge in [-0.2, -0.15) is 0 Å². The molecule has 2 N–H and O–H groups in total. The lowest BCUT2D eigenvalue weighted by atomic mass is 10.1. The summed E-state index contributed by atoms with van der Waals surface area (Å²) in [6.45, 7) is 3.16. The van der Waals surface area contributed by atoms with Gasteiger partial charge in [0, 0.05) is 23.3 Å². The number of amides is 1. The van der Waals surface area contributed by atoms with Crippen LogP contribution in [0.2, 0.25) is 5.02 Å². The number of anilines is 1. The van der Waals surface area contributed by atoms with Crippen molar-refractivity contribution in [1.29, 1.82) is 0 Å². The second-order valence-corrected chi connectivity index (χ2v) is 7.94. The molecule has 33 heavy (non-hydrogen) atoms. The number of ether oxygens (including phenoxy) is 3. The van der Waals surface area contributed by atoms with Crippen molar-refractivity contribution in [2.24, 2.45) is 0 Å². The number of carbonyl (C=O) groups excluding carboxylic acids is 1. The average Bonchev–Trinajstić information content (AvgIpc) is 2.83. The third kappa shape index (κ3) is 7.14. The van der Waals surface area contributed by atoms with Gasteiger partial charge in [0.15, 0.2) is 18.1 Å². The molecule has 0 fully saturated rings. The number of benzene rings is 3. The highest BCUT2D eigenvalue weighted by molar-refractivity contribution is 6.31. The summed E-state index contributed by atoms with van der Waals surface area (Å²) in [5, 5.41) is 6.73. The molecule has 0 spiro atoms. The zero-order valence-electron chi connectivity index (χ0n) is 19.1. The Morgan fingerprint density at radius 2 is 1.64 bits per heavy atom. The number of methoxy groups -OCH3 is 2. The van der Waals surface area contributed by atoms with Gasteiger partial charge >= 0.3 is 0 Å². The fourth-order valence-corrected chi connectivity index (χ4v) is 3.54. The molecule has 6 nitrogen and oxygen atoms in total. The fraction of sp³-hybridized carbons (Fsp3) is 0.269. The standard InChI is InChI=1S/C26H29ClN2O4/c1-18-8-10-21(11-9-18)29-26(30)17-33-25-15-22(27)20(14-24(25)32-3)16-28-13-12-19-6-4-5-7-23(19)31-2/h4-11,14-15,28H,12-13,16-17H2,1-3H3,(H,29,30). The van der Waals surface area contributed by atoms with Crippen molar-refractivity contribution in [3.8, 4) is 17.2 Å². The lowest BCUT2D eigenvalue weighted by Crippen LogP contribution is -2.20. The highest BCUT2D eigenvalue weighted by Crippen LogP contribution is 2.33. The van der Waals surface area contributed by atoms with Crippen LogP contribution < -0.4 is 24.8 Å². The number of nitrogens with one attached hydrogen (secondary N) is 2. The minimum atomic E-state index is -0.265. The molecule has 0 aliphatic heterocycles. The van der Waals surface area contributed by atoms with Gasteiger partial charge in [-0.25, -0.2) is 0 Å². The van der Waals surface area contributed by atoms with E-state index in [1.807, 2.05) is 55.5 Å². The molecule has 0 radical (unpaired) electrons. The van der Waals surface area contributed by atoms with Crippen LogP contribution in [-0.4, -0.2) is 33.3 Å². The Labute approximate surface area is 199 Å². The van der Waals surface area contributed by atoms with E-state index < -0.39 is 0 Å². The molecule has 0 saturated heterocycles. The van der Waals surface area contributed by atoms with E-state index in [-0.39, 0.29) is 12.5 Å². The van der Waals surface area contributed by atoms with Crippen LogP contribution in [0.15, 0.2) is 60.7 Å². The molecule has 3 aromatic carbocycles. The lowest BCUT2D eigenvalue weighted by Gasteiger charge is -2.15. The van der Waals surface area contributed by atoms with Gasteiger partial charge in [0.1, 0.15) is 5.75 Å². The van der Waals surface area contributed by atoms with E-state index >= 15 is 0 Å². The summed E-state index contributed by atoms with van der Waals surface area (Å²) < 4.78 is 16.5. The van der Waals surface area contributed by atoms with Crippen LogP contribution >= 0.6 is 11.6 Å². The molecule has 0 aliphatic carbocycles. The number of para-hydroxylation sites is 1. The Balaban J connectivity index is 1.54. The van der Waals surface area contributed by atoms with Gasteiger partial charge in [0.05, 0.1) is 14.2 Å². The van der Waals surface area contributed by atoms with Crippen LogP contribution in [-0.2, 0) is 17.8 Å². The van der Waals surface area contributed by atoms with Crippen molar-refractivity contribution in [1.82, 2.24) is 5.32 Å². The van der Waals surface area contributed by atoms with Crippen molar-refractivity contribution >= 4 is 23.2 Å². The number of aryl methyl sites for hydroxylation is 1. The van der Waals surface area contributed by atoms with Gasteiger partial charge in [-0.1, -0.05) is 47.5 Å². The minimum absolute atomic E-state index is 0.156. The summed E-state index contributed by atoms with van der Waals surface area (Å²) in [6, 6.07) is 19.0. The first-order chi connectivity index (χ1) is 16.0. The summed E-state index contributed by atoms with van der Waals surface area (Å²) in [5.74, 6) is 1.55. The molecule has 3 aromatic rings. The van der Waals surface area contributed by atoms with E-state index in [2.05, 4.69) is 16.7 Å². The summed E-state index contributed by atoms with van der Waals surface area (Å²) >= 11 is 6.47. The largest absolute Gasteiger partial charge is 0.496 e. The Morgan fingerprint density at radius 1 is 0.909 bits per heavy atom. The SMILES string of the molecule is COc1ccccc1CCNCc1cc(OC)c(OCC(=O)Nc2ccc(C)cc2)cc1Cl. The molecule has 3 rings (SSSR count). The Morgan fingerprint density at radius 3 is 2.36 bits per heavy atom. The van der Waals surface area contributed by atoms with E-state index in [4.69, 9.17) is 25.8 Å². The predicted molar refractivity (Wildman–Crippen MR) is 132 cm³/mol. The van der Waals surface area contributed by atoms with Gasteiger partial charge in [0.2, 0.25) is 0 Å². The fourth-order valence-electron chi connectivity index (χ4n) is 3.32. The summed E-state index contributed by atoms with van der Waals surface area (Å²) in [6.07, 6.45) is 0.829. The predicted octanol–water partition coefficient (Wildman–Crippen LogP) is 5.02. The van der Waals surface area contributed by atoms with Gasteiger partial charge in [0.25, 0.3) is 5.91 Å². The molecule has 0 atom stereocenters. The Kier molecular flexibility index (Phi) is 8.98. The summed E-state index contributed by atoms with van der Waals surface area (Å²) in [5.41, 5.74) is 3.86. The molecule has 1 amide bonds. The zero-order valence-corrected chi connectivity index (χ0v) is 19.9. The quantitative estimate of drug-likeness (QED) is 0.387. The van der Waals surface area contributed by atoms with E-state index in [1.165, 1.54) is 0 Å².